The Kier molecular flexibility index (Phi) is 2.66. The van der Waals surface area contributed by atoms with E-state index in [2.05, 4.69) is 15.3 Å². The fourth-order valence-corrected chi connectivity index (χ4v) is 1.62. The van der Waals surface area contributed by atoms with E-state index in [1.54, 1.807) is 25.6 Å². The van der Waals surface area contributed by atoms with Crippen molar-refractivity contribution in [2.75, 3.05) is 13.6 Å². The van der Waals surface area contributed by atoms with Gasteiger partial charge in [0.1, 0.15) is 5.52 Å². The summed E-state index contributed by atoms with van der Waals surface area (Å²) in [6.45, 7) is 0.510. The maximum atomic E-state index is 9.89. The second kappa shape index (κ2) is 3.96. The van der Waals surface area contributed by atoms with Crippen LogP contribution in [-0.2, 0) is 7.05 Å². The van der Waals surface area contributed by atoms with E-state index in [9.17, 15) is 5.11 Å². The smallest absolute Gasteiger partial charge is 0.159 e. The SMILES string of the molecule is CNCC(O)c1ccnc2c1ncn2C. The van der Waals surface area contributed by atoms with Gasteiger partial charge < -0.3 is 15.0 Å². The van der Waals surface area contributed by atoms with E-state index >= 15 is 0 Å². The molecular weight excluding hydrogens is 192 g/mol. The maximum absolute atomic E-state index is 9.89. The summed E-state index contributed by atoms with van der Waals surface area (Å²) in [5.74, 6) is 0. The number of aliphatic hydroxyl groups excluding tert-OH is 1. The van der Waals surface area contributed by atoms with E-state index in [0.717, 1.165) is 16.7 Å². The molecule has 0 aromatic carbocycles. The standard InChI is InChI=1S/C10H14N4O/c1-11-5-8(15)7-3-4-12-10-9(7)13-6-14(10)2/h3-4,6,8,11,15H,5H2,1-2H3. The Bertz CT molecular complexity index is 465. The number of aliphatic hydroxyl groups is 1. The lowest BCUT2D eigenvalue weighted by molar-refractivity contribution is 0.179. The van der Waals surface area contributed by atoms with Gasteiger partial charge in [0, 0.05) is 25.4 Å². The van der Waals surface area contributed by atoms with E-state index in [1.807, 2.05) is 11.6 Å². The number of nitrogens with zero attached hydrogens (tertiary/aromatic N) is 3. The van der Waals surface area contributed by atoms with E-state index in [0.29, 0.717) is 6.54 Å². The highest BCUT2D eigenvalue weighted by atomic mass is 16.3. The third kappa shape index (κ3) is 1.71. The summed E-state index contributed by atoms with van der Waals surface area (Å²) >= 11 is 0. The summed E-state index contributed by atoms with van der Waals surface area (Å²) in [7, 11) is 3.69. The summed E-state index contributed by atoms with van der Waals surface area (Å²) in [6, 6.07) is 1.80. The summed E-state index contributed by atoms with van der Waals surface area (Å²) in [5.41, 5.74) is 2.38. The van der Waals surface area contributed by atoms with Crippen LogP contribution >= 0.6 is 0 Å². The Hall–Kier alpha value is -1.46. The van der Waals surface area contributed by atoms with E-state index in [4.69, 9.17) is 0 Å². The molecule has 0 aliphatic heterocycles. The normalized spacial score (nSPS) is 13.3. The van der Waals surface area contributed by atoms with Crippen LogP contribution in [0.1, 0.15) is 11.7 Å². The molecule has 5 heteroatoms. The van der Waals surface area contributed by atoms with Gasteiger partial charge in [0.2, 0.25) is 0 Å². The number of hydrogen-bond donors (Lipinski definition) is 2. The van der Waals surface area contributed by atoms with Crippen molar-refractivity contribution in [2.24, 2.45) is 7.05 Å². The second-order valence-corrected chi connectivity index (χ2v) is 3.50. The van der Waals surface area contributed by atoms with Crippen LogP contribution < -0.4 is 5.32 Å². The molecule has 2 heterocycles. The van der Waals surface area contributed by atoms with Crippen LogP contribution in [0.25, 0.3) is 11.2 Å². The number of hydrogen-bond acceptors (Lipinski definition) is 4. The molecule has 0 amide bonds. The molecule has 2 N–H and O–H groups in total. The van der Waals surface area contributed by atoms with Gasteiger partial charge in [0.25, 0.3) is 0 Å². The van der Waals surface area contributed by atoms with Crippen molar-refractivity contribution < 1.29 is 5.11 Å². The highest BCUT2D eigenvalue weighted by molar-refractivity contribution is 5.75. The minimum absolute atomic E-state index is 0.510. The molecule has 2 rings (SSSR count). The molecule has 0 bridgehead atoms. The largest absolute Gasteiger partial charge is 0.387 e. The Morgan fingerprint density at radius 2 is 2.33 bits per heavy atom. The van der Waals surface area contributed by atoms with Gasteiger partial charge in [-0.3, -0.25) is 0 Å². The number of aromatic nitrogens is 3. The van der Waals surface area contributed by atoms with Gasteiger partial charge in [0.05, 0.1) is 12.4 Å². The summed E-state index contributed by atoms with van der Waals surface area (Å²) in [6.07, 6.45) is 2.85. The lowest BCUT2D eigenvalue weighted by Crippen LogP contribution is -2.17. The zero-order valence-corrected chi connectivity index (χ0v) is 8.81. The Balaban J connectivity index is 2.51. The third-order valence-electron chi connectivity index (χ3n) is 2.39. The molecule has 2 aromatic heterocycles. The van der Waals surface area contributed by atoms with E-state index in [1.165, 1.54) is 0 Å². The fourth-order valence-electron chi connectivity index (χ4n) is 1.62. The average molecular weight is 206 g/mol. The number of likely N-dealkylation sites (N-methyl/N-ethyl adjacent to an activating group) is 1. The van der Waals surface area contributed by atoms with Gasteiger partial charge in [-0.25, -0.2) is 9.97 Å². The molecule has 0 aliphatic carbocycles. The topological polar surface area (TPSA) is 63.0 Å². The third-order valence-corrected chi connectivity index (χ3v) is 2.39. The molecule has 80 valence electrons. The first-order chi connectivity index (χ1) is 7.24. The first kappa shape index (κ1) is 10.1. The fraction of sp³-hybridized carbons (Fsp3) is 0.400. The predicted molar refractivity (Wildman–Crippen MR) is 57.4 cm³/mol. The molecule has 15 heavy (non-hydrogen) atoms. The minimum Gasteiger partial charge on any atom is -0.387 e. The predicted octanol–water partition coefficient (Wildman–Crippen LogP) is 0.221. The van der Waals surface area contributed by atoms with Crippen LogP contribution in [0, 0.1) is 0 Å². The van der Waals surface area contributed by atoms with Gasteiger partial charge in [-0.2, -0.15) is 0 Å². The average Bonchev–Trinajstić information content (AvgIpc) is 2.61. The molecule has 0 spiro atoms. The quantitative estimate of drug-likeness (QED) is 0.754. The molecule has 0 aliphatic rings. The van der Waals surface area contributed by atoms with Crippen molar-refractivity contribution in [1.82, 2.24) is 19.9 Å². The van der Waals surface area contributed by atoms with Gasteiger partial charge >= 0.3 is 0 Å². The molecule has 1 unspecified atom stereocenters. The summed E-state index contributed by atoms with van der Waals surface area (Å²) in [4.78, 5) is 8.45. The van der Waals surface area contributed by atoms with Crippen molar-refractivity contribution in [1.29, 1.82) is 0 Å². The number of nitrogens with one attached hydrogen (secondary N) is 1. The van der Waals surface area contributed by atoms with E-state index in [-0.39, 0.29) is 0 Å². The van der Waals surface area contributed by atoms with Crippen molar-refractivity contribution in [2.45, 2.75) is 6.10 Å². The number of aryl methyl sites for hydroxylation is 1. The maximum Gasteiger partial charge on any atom is 0.159 e. The van der Waals surface area contributed by atoms with Crippen LogP contribution in [0.5, 0.6) is 0 Å². The number of pyridine rings is 1. The van der Waals surface area contributed by atoms with Crippen LogP contribution in [0.15, 0.2) is 18.6 Å². The Morgan fingerprint density at radius 3 is 3.07 bits per heavy atom. The highest BCUT2D eigenvalue weighted by Gasteiger charge is 2.13. The van der Waals surface area contributed by atoms with Crippen LogP contribution in [0.4, 0.5) is 0 Å². The van der Waals surface area contributed by atoms with Crippen molar-refractivity contribution >= 4 is 11.2 Å². The molecule has 0 radical (unpaired) electrons. The molecule has 0 saturated heterocycles. The summed E-state index contributed by atoms with van der Waals surface area (Å²) < 4.78 is 1.84. The molecule has 0 fully saturated rings. The van der Waals surface area contributed by atoms with Gasteiger partial charge in [-0.1, -0.05) is 0 Å². The van der Waals surface area contributed by atoms with Crippen LogP contribution in [0.2, 0.25) is 0 Å². The van der Waals surface area contributed by atoms with E-state index < -0.39 is 6.10 Å². The number of imidazole rings is 1. The zero-order valence-electron chi connectivity index (χ0n) is 8.81. The zero-order chi connectivity index (χ0) is 10.8. The van der Waals surface area contributed by atoms with Gasteiger partial charge in [0.15, 0.2) is 5.65 Å². The monoisotopic (exact) mass is 206 g/mol. The lowest BCUT2D eigenvalue weighted by Gasteiger charge is -2.10. The Morgan fingerprint density at radius 1 is 1.53 bits per heavy atom. The molecule has 0 saturated carbocycles. The van der Waals surface area contributed by atoms with Crippen molar-refractivity contribution in [3.63, 3.8) is 0 Å². The van der Waals surface area contributed by atoms with Gasteiger partial charge in [-0.15, -0.1) is 0 Å². The number of rotatable bonds is 3. The molecule has 2 aromatic rings. The molecule has 5 nitrogen and oxygen atoms in total. The summed E-state index contributed by atoms with van der Waals surface area (Å²) in [5, 5.41) is 12.8. The first-order valence-corrected chi connectivity index (χ1v) is 4.82. The first-order valence-electron chi connectivity index (χ1n) is 4.82. The van der Waals surface area contributed by atoms with Crippen molar-refractivity contribution in [3.8, 4) is 0 Å². The second-order valence-electron chi connectivity index (χ2n) is 3.50. The molecular formula is C10H14N4O. The van der Waals surface area contributed by atoms with Gasteiger partial charge in [-0.05, 0) is 13.1 Å². The Labute approximate surface area is 87.8 Å². The van der Waals surface area contributed by atoms with Crippen molar-refractivity contribution in [3.05, 3.63) is 24.2 Å². The molecule has 1 atom stereocenters. The lowest BCUT2D eigenvalue weighted by atomic mass is 10.1. The van der Waals surface area contributed by atoms with Crippen LogP contribution in [0.3, 0.4) is 0 Å². The number of fused-ring (bicyclic) bond motifs is 1. The minimum atomic E-state index is -0.546. The highest BCUT2D eigenvalue weighted by Crippen LogP contribution is 2.20. The van der Waals surface area contributed by atoms with Crippen LogP contribution in [-0.4, -0.2) is 33.2 Å².